The van der Waals surface area contributed by atoms with Crippen molar-refractivity contribution in [2.24, 2.45) is 5.73 Å². The molecule has 2 rings (SSSR count). The fourth-order valence-corrected chi connectivity index (χ4v) is 2.57. The lowest BCUT2D eigenvalue weighted by atomic mass is 10.1. The molecule has 1 heterocycles. The average molecular weight is 359 g/mol. The number of ether oxygens (including phenoxy) is 2. The number of nitrogens with two attached hydrogens (primary N) is 1. The van der Waals surface area contributed by atoms with Gasteiger partial charge in [-0.05, 0) is 44.4 Å². The van der Waals surface area contributed by atoms with Crippen molar-refractivity contribution in [1.29, 1.82) is 0 Å². The quantitative estimate of drug-likeness (QED) is 0.687. The maximum absolute atomic E-state index is 12.0. The first kappa shape index (κ1) is 20.7. The van der Waals surface area contributed by atoms with Gasteiger partial charge in [0, 0.05) is 13.1 Å². The molecular weight excluding hydrogens is 332 g/mol. The van der Waals surface area contributed by atoms with Crippen LogP contribution in [0.4, 0.5) is 0 Å². The minimum Gasteiger partial charge on any atom is -0.491 e. The van der Waals surface area contributed by atoms with E-state index in [-0.39, 0.29) is 37.1 Å². The number of hydrogen-bond acceptors (Lipinski definition) is 5. The minimum absolute atomic E-state index is 0. The van der Waals surface area contributed by atoms with Gasteiger partial charge >= 0.3 is 0 Å². The Labute approximate surface area is 149 Å². The summed E-state index contributed by atoms with van der Waals surface area (Å²) in [5.41, 5.74) is 6.24. The van der Waals surface area contributed by atoms with Gasteiger partial charge in [0.15, 0.2) is 0 Å². The lowest BCUT2D eigenvalue weighted by Gasteiger charge is -2.17. The Morgan fingerprint density at radius 3 is 2.83 bits per heavy atom. The second-order valence-electron chi connectivity index (χ2n) is 6.06. The van der Waals surface area contributed by atoms with Gasteiger partial charge in [0.25, 0.3) is 0 Å². The van der Waals surface area contributed by atoms with E-state index in [0.717, 1.165) is 6.42 Å². The first-order valence-corrected chi connectivity index (χ1v) is 8.07. The number of nitrogens with one attached hydrogen (secondary N) is 1. The third-order valence-corrected chi connectivity index (χ3v) is 3.75. The molecule has 1 fully saturated rings. The zero-order valence-electron chi connectivity index (χ0n) is 14.1. The lowest BCUT2D eigenvalue weighted by Crippen LogP contribution is -2.37. The average Bonchev–Trinajstić information content (AvgIpc) is 3.01. The monoisotopic (exact) mass is 358 g/mol. The summed E-state index contributed by atoms with van der Waals surface area (Å²) in [5.74, 6) is 0.502. The Balaban J connectivity index is 0.00000288. The summed E-state index contributed by atoms with van der Waals surface area (Å²) in [6.45, 7) is 4.45. The van der Waals surface area contributed by atoms with Crippen molar-refractivity contribution in [3.63, 3.8) is 0 Å². The molecule has 6 nitrogen and oxygen atoms in total. The van der Waals surface area contributed by atoms with Crippen LogP contribution in [0, 0.1) is 0 Å². The van der Waals surface area contributed by atoms with Crippen LogP contribution in [0.2, 0.25) is 0 Å². The number of hydrogen-bond donors (Lipinski definition) is 3. The fourth-order valence-electron chi connectivity index (χ4n) is 2.57. The van der Waals surface area contributed by atoms with Gasteiger partial charge in [-0.1, -0.05) is 12.1 Å². The standard InChI is InChI=1S/C17H26N2O4.ClH/c1-11(2)22-13-5-3-4-12(8-13)15(20)10-19-17(21)16-7-6-14(9-18)23-16;/h3-5,8,11,14-16,20H,6-7,9-10,18H2,1-2H3,(H,19,21);1H/t14-,15?,16+;/m1./s1. The maximum atomic E-state index is 12.0. The Bertz CT molecular complexity index is 527. The molecule has 24 heavy (non-hydrogen) atoms. The molecule has 1 aromatic rings. The molecule has 0 saturated carbocycles. The third kappa shape index (κ3) is 5.94. The predicted molar refractivity (Wildman–Crippen MR) is 94.4 cm³/mol. The van der Waals surface area contributed by atoms with E-state index in [2.05, 4.69) is 5.32 Å². The van der Waals surface area contributed by atoms with E-state index in [1.54, 1.807) is 12.1 Å². The highest BCUT2D eigenvalue weighted by Gasteiger charge is 2.29. The third-order valence-electron chi connectivity index (χ3n) is 3.75. The summed E-state index contributed by atoms with van der Waals surface area (Å²) >= 11 is 0. The number of amides is 1. The highest BCUT2D eigenvalue weighted by Crippen LogP contribution is 2.21. The summed E-state index contributed by atoms with van der Waals surface area (Å²) < 4.78 is 11.1. The van der Waals surface area contributed by atoms with E-state index >= 15 is 0 Å². The minimum atomic E-state index is -0.790. The molecule has 0 bridgehead atoms. The summed E-state index contributed by atoms with van der Waals surface area (Å²) in [6.07, 6.45) is 0.234. The predicted octanol–water partition coefficient (Wildman–Crippen LogP) is 1.55. The molecule has 0 aliphatic carbocycles. The summed E-state index contributed by atoms with van der Waals surface area (Å²) in [5, 5.41) is 13.0. The molecule has 1 aromatic carbocycles. The van der Waals surface area contributed by atoms with Gasteiger partial charge in [-0.15, -0.1) is 12.4 Å². The highest BCUT2D eigenvalue weighted by atomic mass is 35.5. The van der Waals surface area contributed by atoms with Crippen LogP contribution in [0.25, 0.3) is 0 Å². The van der Waals surface area contributed by atoms with E-state index in [4.69, 9.17) is 15.2 Å². The van der Waals surface area contributed by atoms with Crippen molar-refractivity contribution in [3.05, 3.63) is 29.8 Å². The van der Waals surface area contributed by atoms with Crippen molar-refractivity contribution >= 4 is 18.3 Å². The molecule has 1 aliphatic heterocycles. The Hall–Kier alpha value is -1.34. The molecule has 3 atom stereocenters. The smallest absolute Gasteiger partial charge is 0.249 e. The van der Waals surface area contributed by atoms with Gasteiger partial charge in [-0.25, -0.2) is 0 Å². The topological polar surface area (TPSA) is 93.8 Å². The number of aliphatic hydroxyl groups is 1. The molecule has 0 aromatic heterocycles. The van der Waals surface area contributed by atoms with E-state index in [1.165, 1.54) is 0 Å². The van der Waals surface area contributed by atoms with Crippen LogP contribution in [0.15, 0.2) is 24.3 Å². The van der Waals surface area contributed by atoms with Gasteiger partial charge in [-0.2, -0.15) is 0 Å². The van der Waals surface area contributed by atoms with Crippen LogP contribution in [0.1, 0.15) is 38.4 Å². The van der Waals surface area contributed by atoms with Crippen LogP contribution in [0.5, 0.6) is 5.75 Å². The fraction of sp³-hybridized carbons (Fsp3) is 0.588. The van der Waals surface area contributed by atoms with E-state index in [0.29, 0.717) is 24.3 Å². The maximum Gasteiger partial charge on any atom is 0.249 e. The Kier molecular flexibility index (Phi) is 8.48. The summed E-state index contributed by atoms with van der Waals surface area (Å²) in [4.78, 5) is 12.0. The zero-order chi connectivity index (χ0) is 16.8. The van der Waals surface area contributed by atoms with Gasteiger partial charge in [-0.3, -0.25) is 4.79 Å². The first-order chi connectivity index (χ1) is 11.0. The van der Waals surface area contributed by atoms with Crippen molar-refractivity contribution in [1.82, 2.24) is 5.32 Å². The zero-order valence-corrected chi connectivity index (χ0v) is 14.9. The number of carbonyl (C=O) groups is 1. The van der Waals surface area contributed by atoms with Crippen molar-refractivity contribution in [2.45, 2.75) is 51.1 Å². The SMILES string of the molecule is CC(C)Oc1cccc(C(O)CNC(=O)[C@@H]2CC[C@H](CN)O2)c1.Cl. The number of carbonyl (C=O) groups excluding carboxylic acids is 1. The summed E-state index contributed by atoms with van der Waals surface area (Å²) in [7, 11) is 0. The van der Waals surface area contributed by atoms with Gasteiger partial charge < -0.3 is 25.6 Å². The van der Waals surface area contributed by atoms with Crippen LogP contribution >= 0.6 is 12.4 Å². The molecule has 1 amide bonds. The van der Waals surface area contributed by atoms with Crippen LogP contribution < -0.4 is 15.8 Å². The van der Waals surface area contributed by atoms with Crippen molar-refractivity contribution < 1.29 is 19.4 Å². The molecule has 0 radical (unpaired) electrons. The molecule has 0 spiro atoms. The molecule has 1 saturated heterocycles. The number of benzene rings is 1. The lowest BCUT2D eigenvalue weighted by molar-refractivity contribution is -0.132. The van der Waals surface area contributed by atoms with E-state index in [1.807, 2.05) is 26.0 Å². The van der Waals surface area contributed by atoms with E-state index < -0.39 is 12.2 Å². The van der Waals surface area contributed by atoms with Crippen molar-refractivity contribution in [2.75, 3.05) is 13.1 Å². The first-order valence-electron chi connectivity index (χ1n) is 8.07. The van der Waals surface area contributed by atoms with Gasteiger partial charge in [0.05, 0.1) is 18.3 Å². The van der Waals surface area contributed by atoms with E-state index in [9.17, 15) is 9.90 Å². The van der Waals surface area contributed by atoms with Crippen molar-refractivity contribution in [3.8, 4) is 5.75 Å². The molecule has 136 valence electrons. The Morgan fingerprint density at radius 2 is 2.21 bits per heavy atom. The molecule has 1 aliphatic rings. The largest absolute Gasteiger partial charge is 0.491 e. The van der Waals surface area contributed by atoms with Crippen LogP contribution in [-0.2, 0) is 9.53 Å². The normalized spacial score (nSPS) is 21.2. The van der Waals surface area contributed by atoms with Gasteiger partial charge in [0.1, 0.15) is 11.9 Å². The second kappa shape index (κ2) is 9.84. The number of aliphatic hydroxyl groups excluding tert-OH is 1. The van der Waals surface area contributed by atoms with Crippen LogP contribution in [0.3, 0.4) is 0 Å². The molecule has 4 N–H and O–H groups in total. The number of rotatable bonds is 7. The summed E-state index contributed by atoms with van der Waals surface area (Å²) in [6, 6.07) is 7.26. The molecule has 1 unspecified atom stereocenters. The molecule has 7 heteroatoms. The van der Waals surface area contributed by atoms with Gasteiger partial charge in [0.2, 0.25) is 5.91 Å². The molecular formula is C17H27ClN2O4. The highest BCUT2D eigenvalue weighted by molar-refractivity contribution is 5.85. The Morgan fingerprint density at radius 1 is 1.46 bits per heavy atom. The van der Waals surface area contributed by atoms with Crippen LogP contribution in [-0.4, -0.2) is 42.4 Å². The second-order valence-corrected chi connectivity index (χ2v) is 6.06. The number of halogens is 1.